The van der Waals surface area contributed by atoms with E-state index in [4.69, 9.17) is 0 Å². The summed E-state index contributed by atoms with van der Waals surface area (Å²) < 4.78 is 0. The first-order valence-corrected chi connectivity index (χ1v) is 7.02. The van der Waals surface area contributed by atoms with Gasteiger partial charge in [-0.15, -0.1) is 11.3 Å². The largest absolute Gasteiger partial charge is 0.244 e. The summed E-state index contributed by atoms with van der Waals surface area (Å²) in [5.41, 5.74) is 5.92. The van der Waals surface area contributed by atoms with E-state index in [1.54, 1.807) is 11.3 Å². The number of aromatic nitrogens is 2. The van der Waals surface area contributed by atoms with Crippen LogP contribution in [0, 0.1) is 0 Å². The van der Waals surface area contributed by atoms with Crippen LogP contribution in [0.5, 0.6) is 0 Å². The Morgan fingerprint density at radius 3 is 2.61 bits per heavy atom. The minimum atomic E-state index is 0.191. The maximum Gasteiger partial charge on any atom is 0.143 e. The maximum atomic E-state index is 4.51. The van der Waals surface area contributed by atoms with Gasteiger partial charge in [-0.3, -0.25) is 0 Å². The molecule has 0 radical (unpaired) electrons. The Kier molecular flexibility index (Phi) is 2.06. The highest BCUT2D eigenvalue weighted by Crippen LogP contribution is 2.54. The molecule has 0 saturated heterocycles. The fourth-order valence-electron chi connectivity index (χ4n) is 2.76. The number of thiazole rings is 1. The molecule has 0 spiro atoms. The van der Waals surface area contributed by atoms with E-state index in [0.29, 0.717) is 0 Å². The number of fused-ring (bicyclic) bond motifs is 1. The van der Waals surface area contributed by atoms with Gasteiger partial charge in [0.15, 0.2) is 0 Å². The summed E-state index contributed by atoms with van der Waals surface area (Å²) in [6.07, 6.45) is 4.35. The predicted molar refractivity (Wildman–Crippen MR) is 73.9 cm³/mol. The monoisotopic (exact) mass is 252 g/mol. The molecule has 1 aliphatic rings. The molecular formula is C15H12N2S. The van der Waals surface area contributed by atoms with Crippen molar-refractivity contribution >= 4 is 21.7 Å². The first-order valence-electron chi connectivity index (χ1n) is 6.14. The molecule has 1 aromatic carbocycles. The van der Waals surface area contributed by atoms with Crippen LogP contribution in [0.4, 0.5) is 0 Å². The molecule has 2 heterocycles. The number of pyridine rings is 1. The van der Waals surface area contributed by atoms with Crippen molar-refractivity contribution in [2.24, 2.45) is 0 Å². The van der Waals surface area contributed by atoms with Gasteiger partial charge in [-0.1, -0.05) is 30.3 Å². The lowest BCUT2D eigenvalue weighted by Gasteiger charge is -2.16. The predicted octanol–water partition coefficient (Wildman–Crippen LogP) is 3.77. The molecule has 0 amide bonds. The van der Waals surface area contributed by atoms with E-state index in [2.05, 4.69) is 46.4 Å². The Hall–Kier alpha value is -1.74. The number of hydrogen-bond donors (Lipinski definition) is 0. The highest BCUT2D eigenvalue weighted by molar-refractivity contribution is 7.16. The summed E-state index contributed by atoms with van der Waals surface area (Å²) in [7, 11) is 0. The van der Waals surface area contributed by atoms with Crippen LogP contribution in [0.2, 0.25) is 0 Å². The molecule has 2 nitrogen and oxygen atoms in total. The van der Waals surface area contributed by atoms with Crippen molar-refractivity contribution in [2.45, 2.75) is 18.3 Å². The molecule has 18 heavy (non-hydrogen) atoms. The molecule has 0 N–H and O–H groups in total. The third-order valence-corrected chi connectivity index (χ3v) is 4.56. The standard InChI is InChI=1S/C15H12N2S/c1-2-4-11(5-3-1)15(7-8-15)12-6-9-16-14-13(12)17-10-18-14/h1-6,9-10H,7-8H2. The van der Waals surface area contributed by atoms with Gasteiger partial charge in [0, 0.05) is 11.6 Å². The van der Waals surface area contributed by atoms with Gasteiger partial charge in [-0.25, -0.2) is 9.97 Å². The smallest absolute Gasteiger partial charge is 0.143 e. The van der Waals surface area contributed by atoms with Crippen LogP contribution in [0.15, 0.2) is 48.1 Å². The number of hydrogen-bond acceptors (Lipinski definition) is 3. The molecule has 1 aliphatic carbocycles. The Balaban J connectivity index is 1.95. The van der Waals surface area contributed by atoms with Crippen LogP contribution in [-0.2, 0) is 5.41 Å². The van der Waals surface area contributed by atoms with Crippen molar-refractivity contribution in [3.05, 3.63) is 59.2 Å². The normalized spacial score (nSPS) is 16.9. The van der Waals surface area contributed by atoms with Crippen molar-refractivity contribution in [1.82, 2.24) is 9.97 Å². The lowest BCUT2D eigenvalue weighted by atomic mass is 9.88. The first-order chi connectivity index (χ1) is 8.90. The molecule has 1 fully saturated rings. The van der Waals surface area contributed by atoms with E-state index in [-0.39, 0.29) is 5.41 Å². The van der Waals surface area contributed by atoms with Gasteiger partial charge >= 0.3 is 0 Å². The van der Waals surface area contributed by atoms with Crippen molar-refractivity contribution in [1.29, 1.82) is 0 Å². The zero-order valence-electron chi connectivity index (χ0n) is 9.84. The minimum absolute atomic E-state index is 0.191. The topological polar surface area (TPSA) is 25.8 Å². The van der Waals surface area contributed by atoms with Crippen LogP contribution in [0.3, 0.4) is 0 Å². The SMILES string of the molecule is c1ccc(C2(c3ccnc4scnc34)CC2)cc1. The Morgan fingerprint density at radius 1 is 1.00 bits per heavy atom. The summed E-state index contributed by atoms with van der Waals surface area (Å²) in [6.45, 7) is 0. The zero-order valence-corrected chi connectivity index (χ0v) is 10.7. The van der Waals surface area contributed by atoms with Gasteiger partial charge in [-0.2, -0.15) is 0 Å². The molecule has 3 heteroatoms. The van der Waals surface area contributed by atoms with E-state index < -0.39 is 0 Å². The highest BCUT2D eigenvalue weighted by atomic mass is 32.1. The molecule has 0 atom stereocenters. The molecule has 2 aromatic heterocycles. The summed E-state index contributed by atoms with van der Waals surface area (Å²) in [4.78, 5) is 9.95. The van der Waals surface area contributed by atoms with E-state index >= 15 is 0 Å². The molecule has 1 saturated carbocycles. The van der Waals surface area contributed by atoms with Crippen LogP contribution in [0.1, 0.15) is 24.0 Å². The van der Waals surface area contributed by atoms with Crippen molar-refractivity contribution in [3.8, 4) is 0 Å². The minimum Gasteiger partial charge on any atom is -0.244 e. The van der Waals surface area contributed by atoms with Crippen LogP contribution < -0.4 is 0 Å². The van der Waals surface area contributed by atoms with E-state index in [1.807, 2.05) is 11.7 Å². The Bertz CT molecular complexity index is 699. The molecule has 0 bridgehead atoms. The van der Waals surface area contributed by atoms with Crippen LogP contribution >= 0.6 is 11.3 Å². The fourth-order valence-corrected chi connectivity index (χ4v) is 3.41. The molecule has 0 unspecified atom stereocenters. The van der Waals surface area contributed by atoms with Gasteiger partial charge in [0.25, 0.3) is 0 Å². The lowest BCUT2D eigenvalue weighted by Crippen LogP contribution is -2.09. The molecule has 0 aliphatic heterocycles. The second-order valence-electron chi connectivity index (χ2n) is 4.81. The lowest BCUT2D eigenvalue weighted by molar-refractivity contribution is 0.852. The second-order valence-corrected chi connectivity index (χ2v) is 5.65. The number of rotatable bonds is 2. The molecule has 4 rings (SSSR count). The van der Waals surface area contributed by atoms with E-state index in [1.165, 1.54) is 24.0 Å². The van der Waals surface area contributed by atoms with Crippen molar-refractivity contribution in [2.75, 3.05) is 0 Å². The van der Waals surface area contributed by atoms with Gasteiger partial charge in [0.2, 0.25) is 0 Å². The molecule has 3 aromatic rings. The molecular weight excluding hydrogens is 240 g/mol. The number of nitrogens with zero attached hydrogens (tertiary/aromatic N) is 2. The maximum absolute atomic E-state index is 4.51. The second kappa shape index (κ2) is 3.62. The Morgan fingerprint density at radius 2 is 1.83 bits per heavy atom. The third kappa shape index (κ3) is 1.34. The van der Waals surface area contributed by atoms with Crippen LogP contribution in [0.25, 0.3) is 10.3 Å². The van der Waals surface area contributed by atoms with Gasteiger partial charge in [-0.05, 0) is 30.0 Å². The summed E-state index contributed by atoms with van der Waals surface area (Å²) >= 11 is 1.62. The summed E-state index contributed by atoms with van der Waals surface area (Å²) in [5, 5.41) is 0. The zero-order chi connectivity index (χ0) is 12.0. The van der Waals surface area contributed by atoms with E-state index in [0.717, 1.165) is 10.3 Å². The van der Waals surface area contributed by atoms with Gasteiger partial charge in [0.05, 0.1) is 5.51 Å². The quantitative estimate of drug-likeness (QED) is 0.693. The molecule has 88 valence electrons. The van der Waals surface area contributed by atoms with Crippen molar-refractivity contribution < 1.29 is 0 Å². The van der Waals surface area contributed by atoms with Crippen LogP contribution in [-0.4, -0.2) is 9.97 Å². The third-order valence-electron chi connectivity index (χ3n) is 3.83. The highest BCUT2D eigenvalue weighted by Gasteiger charge is 2.47. The average molecular weight is 252 g/mol. The van der Waals surface area contributed by atoms with Gasteiger partial charge in [0.1, 0.15) is 10.3 Å². The summed E-state index contributed by atoms with van der Waals surface area (Å²) in [6, 6.07) is 12.9. The first kappa shape index (κ1) is 10.2. The fraction of sp³-hybridized carbons (Fsp3) is 0.200. The van der Waals surface area contributed by atoms with Gasteiger partial charge < -0.3 is 0 Å². The summed E-state index contributed by atoms with van der Waals surface area (Å²) in [5.74, 6) is 0. The Labute approximate surface area is 109 Å². The van der Waals surface area contributed by atoms with E-state index in [9.17, 15) is 0 Å². The van der Waals surface area contributed by atoms with Crippen molar-refractivity contribution in [3.63, 3.8) is 0 Å². The number of benzene rings is 1. The average Bonchev–Trinajstić information content (AvgIpc) is 3.10.